The first-order valence-electron chi connectivity index (χ1n) is 6.18. The van der Waals surface area contributed by atoms with Gasteiger partial charge in [-0.25, -0.2) is 0 Å². The second-order valence-electron chi connectivity index (χ2n) is 4.34. The first kappa shape index (κ1) is 11.6. The number of hydrogen-bond donors (Lipinski definition) is 2. The standard InChI is InChI=1S/C15H14N2O2/c18-15(17-11-6-2-1-3-7-11)14-10-16-12-8-4-5-9-13(12)19-14/h1-9,14,16H,10H2,(H,17,18). The van der Waals surface area contributed by atoms with E-state index in [0.29, 0.717) is 12.3 Å². The van der Waals surface area contributed by atoms with Gasteiger partial charge in [0.2, 0.25) is 0 Å². The van der Waals surface area contributed by atoms with E-state index in [-0.39, 0.29) is 5.91 Å². The van der Waals surface area contributed by atoms with Gasteiger partial charge in [0.05, 0.1) is 12.2 Å². The van der Waals surface area contributed by atoms with Crippen molar-refractivity contribution in [3.63, 3.8) is 0 Å². The lowest BCUT2D eigenvalue weighted by Crippen LogP contribution is -2.41. The lowest BCUT2D eigenvalue weighted by atomic mass is 10.2. The highest BCUT2D eigenvalue weighted by Gasteiger charge is 2.25. The number of rotatable bonds is 2. The fourth-order valence-corrected chi connectivity index (χ4v) is 2.00. The van der Waals surface area contributed by atoms with Crippen molar-refractivity contribution >= 4 is 17.3 Å². The Balaban J connectivity index is 1.70. The minimum Gasteiger partial charge on any atom is -0.477 e. The Labute approximate surface area is 111 Å². The van der Waals surface area contributed by atoms with Crippen molar-refractivity contribution in [2.45, 2.75) is 6.10 Å². The summed E-state index contributed by atoms with van der Waals surface area (Å²) < 4.78 is 5.69. The maximum Gasteiger partial charge on any atom is 0.267 e. The van der Waals surface area contributed by atoms with Crippen LogP contribution in [0.5, 0.6) is 5.75 Å². The summed E-state index contributed by atoms with van der Waals surface area (Å²) >= 11 is 0. The smallest absolute Gasteiger partial charge is 0.267 e. The molecule has 0 aromatic heterocycles. The van der Waals surface area contributed by atoms with Gasteiger partial charge in [0.15, 0.2) is 6.10 Å². The number of fused-ring (bicyclic) bond motifs is 1. The molecule has 0 aliphatic carbocycles. The Bertz CT molecular complexity index is 584. The summed E-state index contributed by atoms with van der Waals surface area (Å²) in [6, 6.07) is 17.0. The van der Waals surface area contributed by atoms with Crippen molar-refractivity contribution in [3.05, 3.63) is 54.6 Å². The van der Waals surface area contributed by atoms with E-state index in [0.717, 1.165) is 11.4 Å². The zero-order valence-corrected chi connectivity index (χ0v) is 10.3. The fraction of sp³-hybridized carbons (Fsp3) is 0.133. The zero-order chi connectivity index (χ0) is 13.1. The molecule has 1 aliphatic heterocycles. The molecule has 3 rings (SSSR count). The number of amides is 1. The van der Waals surface area contributed by atoms with Gasteiger partial charge < -0.3 is 15.4 Å². The van der Waals surface area contributed by atoms with E-state index in [9.17, 15) is 4.79 Å². The Morgan fingerprint density at radius 1 is 1.11 bits per heavy atom. The molecular weight excluding hydrogens is 240 g/mol. The van der Waals surface area contributed by atoms with Crippen LogP contribution in [0.25, 0.3) is 0 Å². The predicted octanol–water partition coefficient (Wildman–Crippen LogP) is 2.50. The highest BCUT2D eigenvalue weighted by molar-refractivity contribution is 5.95. The van der Waals surface area contributed by atoms with Gasteiger partial charge in [-0.2, -0.15) is 0 Å². The van der Waals surface area contributed by atoms with Crippen LogP contribution in [0.15, 0.2) is 54.6 Å². The number of para-hydroxylation sites is 3. The Morgan fingerprint density at radius 2 is 1.84 bits per heavy atom. The second kappa shape index (κ2) is 5.02. The Hall–Kier alpha value is -2.49. The average molecular weight is 254 g/mol. The summed E-state index contributed by atoms with van der Waals surface area (Å²) in [5.41, 5.74) is 1.70. The molecule has 1 aliphatic rings. The lowest BCUT2D eigenvalue weighted by molar-refractivity contribution is -0.122. The molecule has 0 fully saturated rings. The van der Waals surface area contributed by atoms with Gasteiger partial charge >= 0.3 is 0 Å². The molecule has 0 bridgehead atoms. The second-order valence-corrected chi connectivity index (χ2v) is 4.34. The number of carbonyl (C=O) groups is 1. The zero-order valence-electron chi connectivity index (χ0n) is 10.3. The third-order valence-corrected chi connectivity index (χ3v) is 2.97. The monoisotopic (exact) mass is 254 g/mol. The summed E-state index contributed by atoms with van der Waals surface area (Å²) in [7, 11) is 0. The van der Waals surface area contributed by atoms with E-state index in [4.69, 9.17) is 4.74 Å². The van der Waals surface area contributed by atoms with Crippen molar-refractivity contribution in [2.75, 3.05) is 17.2 Å². The molecule has 2 aromatic carbocycles. The molecule has 1 atom stereocenters. The van der Waals surface area contributed by atoms with Crippen LogP contribution in [0.3, 0.4) is 0 Å². The third-order valence-electron chi connectivity index (χ3n) is 2.97. The maximum absolute atomic E-state index is 12.1. The summed E-state index contributed by atoms with van der Waals surface area (Å²) in [5, 5.41) is 6.03. The van der Waals surface area contributed by atoms with Gasteiger partial charge in [-0.05, 0) is 24.3 Å². The lowest BCUT2D eigenvalue weighted by Gasteiger charge is -2.26. The maximum atomic E-state index is 12.1. The molecular formula is C15H14N2O2. The molecule has 96 valence electrons. The number of ether oxygens (including phenoxy) is 1. The topological polar surface area (TPSA) is 50.4 Å². The van der Waals surface area contributed by atoms with E-state index in [1.165, 1.54) is 0 Å². The molecule has 0 radical (unpaired) electrons. The molecule has 4 nitrogen and oxygen atoms in total. The van der Waals surface area contributed by atoms with Gasteiger partial charge in [0.25, 0.3) is 5.91 Å². The number of carbonyl (C=O) groups excluding carboxylic acids is 1. The first-order chi connectivity index (χ1) is 9.33. The minimum atomic E-state index is -0.518. The number of anilines is 2. The number of hydrogen-bond acceptors (Lipinski definition) is 3. The predicted molar refractivity (Wildman–Crippen MR) is 74.4 cm³/mol. The van der Waals surface area contributed by atoms with Crippen LogP contribution >= 0.6 is 0 Å². The van der Waals surface area contributed by atoms with E-state index >= 15 is 0 Å². The van der Waals surface area contributed by atoms with Crippen LogP contribution in [0.2, 0.25) is 0 Å². The van der Waals surface area contributed by atoms with Crippen molar-refractivity contribution in [3.8, 4) is 5.75 Å². The van der Waals surface area contributed by atoms with Gasteiger partial charge in [-0.1, -0.05) is 30.3 Å². The van der Waals surface area contributed by atoms with E-state index in [2.05, 4.69) is 10.6 Å². The molecule has 4 heteroatoms. The van der Waals surface area contributed by atoms with Crippen LogP contribution in [0, 0.1) is 0 Å². The Morgan fingerprint density at radius 3 is 2.68 bits per heavy atom. The van der Waals surface area contributed by atoms with Crippen molar-refractivity contribution in [1.29, 1.82) is 0 Å². The molecule has 0 spiro atoms. The molecule has 1 amide bonds. The molecule has 0 saturated heterocycles. The average Bonchev–Trinajstić information content (AvgIpc) is 2.48. The largest absolute Gasteiger partial charge is 0.477 e. The van der Waals surface area contributed by atoms with Gasteiger partial charge in [0, 0.05) is 5.69 Å². The van der Waals surface area contributed by atoms with E-state index < -0.39 is 6.10 Å². The highest BCUT2D eigenvalue weighted by atomic mass is 16.5. The van der Waals surface area contributed by atoms with Crippen LogP contribution < -0.4 is 15.4 Å². The fourth-order valence-electron chi connectivity index (χ4n) is 2.00. The number of benzene rings is 2. The van der Waals surface area contributed by atoms with Crippen molar-refractivity contribution in [2.24, 2.45) is 0 Å². The number of nitrogens with one attached hydrogen (secondary N) is 2. The van der Waals surface area contributed by atoms with Gasteiger partial charge in [0.1, 0.15) is 5.75 Å². The van der Waals surface area contributed by atoms with Crippen LogP contribution in [0.4, 0.5) is 11.4 Å². The first-order valence-corrected chi connectivity index (χ1v) is 6.18. The highest BCUT2D eigenvalue weighted by Crippen LogP contribution is 2.28. The summed E-state index contributed by atoms with van der Waals surface area (Å²) in [5.74, 6) is 0.565. The molecule has 2 aromatic rings. The third kappa shape index (κ3) is 2.52. The SMILES string of the molecule is O=C(Nc1ccccc1)C1CNc2ccccc2O1. The summed E-state index contributed by atoms with van der Waals surface area (Å²) in [4.78, 5) is 12.1. The van der Waals surface area contributed by atoms with Crippen LogP contribution in [-0.2, 0) is 4.79 Å². The molecule has 19 heavy (non-hydrogen) atoms. The Kier molecular flexibility index (Phi) is 3.06. The molecule has 2 N–H and O–H groups in total. The van der Waals surface area contributed by atoms with Crippen LogP contribution in [0.1, 0.15) is 0 Å². The molecule has 0 saturated carbocycles. The van der Waals surface area contributed by atoms with Crippen molar-refractivity contribution < 1.29 is 9.53 Å². The molecule has 1 heterocycles. The summed E-state index contributed by atoms with van der Waals surface area (Å²) in [6.45, 7) is 0.468. The van der Waals surface area contributed by atoms with E-state index in [1.807, 2.05) is 54.6 Å². The summed E-state index contributed by atoms with van der Waals surface area (Å²) in [6.07, 6.45) is -0.518. The quantitative estimate of drug-likeness (QED) is 0.865. The normalized spacial score (nSPS) is 16.7. The van der Waals surface area contributed by atoms with E-state index in [1.54, 1.807) is 0 Å². The van der Waals surface area contributed by atoms with Crippen LogP contribution in [-0.4, -0.2) is 18.6 Å². The minimum absolute atomic E-state index is 0.145. The van der Waals surface area contributed by atoms with Crippen molar-refractivity contribution in [1.82, 2.24) is 0 Å². The molecule has 1 unspecified atom stereocenters. The van der Waals surface area contributed by atoms with Gasteiger partial charge in [-0.15, -0.1) is 0 Å². The van der Waals surface area contributed by atoms with Gasteiger partial charge in [-0.3, -0.25) is 4.79 Å².